The van der Waals surface area contributed by atoms with Crippen molar-refractivity contribution < 1.29 is 29.7 Å². The van der Waals surface area contributed by atoms with E-state index in [1.54, 1.807) is 0 Å². The van der Waals surface area contributed by atoms with E-state index in [9.17, 15) is 29.7 Å². The summed E-state index contributed by atoms with van der Waals surface area (Å²) in [6.07, 6.45) is 7.85. The summed E-state index contributed by atoms with van der Waals surface area (Å²) in [5.74, 6) is -2.39. The van der Waals surface area contributed by atoms with Crippen LogP contribution in [0.25, 0.3) is 0 Å². The Morgan fingerprint density at radius 1 is 1.22 bits per heavy atom. The van der Waals surface area contributed by atoms with Crippen molar-refractivity contribution in [2.45, 2.75) is 65.5 Å². The number of aliphatic hydroxyl groups is 2. The first kappa shape index (κ1) is 24.2. The van der Waals surface area contributed by atoms with Crippen LogP contribution in [0.5, 0.6) is 0 Å². The number of rotatable bonds is 5. The molecule has 8 atom stereocenters. The maximum absolute atomic E-state index is 13.1. The molecule has 0 aromatic carbocycles. The van der Waals surface area contributed by atoms with Gasteiger partial charge in [-0.05, 0) is 57.3 Å². The van der Waals surface area contributed by atoms with Crippen molar-refractivity contribution in [3.05, 3.63) is 35.1 Å². The number of fused-ring (bicyclic) bond motifs is 1. The Labute approximate surface area is 189 Å². The summed E-state index contributed by atoms with van der Waals surface area (Å²) in [5, 5.41) is 33.2. The predicted molar refractivity (Wildman–Crippen MR) is 120 cm³/mol. The molecular weight excluding hydrogens is 410 g/mol. The molecule has 3 rings (SSSR count). The fraction of sp³-hybridized carbons (Fsp3) is 0.640. The molecule has 1 saturated carbocycles. The van der Waals surface area contributed by atoms with Crippen LogP contribution >= 0.6 is 0 Å². The van der Waals surface area contributed by atoms with Gasteiger partial charge >= 0.3 is 5.97 Å². The molecule has 4 N–H and O–H groups in total. The molecule has 0 unspecified atom stereocenters. The number of carboxylic acids is 1. The number of aliphatic carboxylic acids is 1. The summed E-state index contributed by atoms with van der Waals surface area (Å²) >= 11 is 0. The molecule has 1 amide bonds. The number of allylic oxidation sites excluding steroid dienone is 5. The number of Topliss-reactive ketones (excluding diaryl/α,β-unsaturated/α-hetero) is 1. The summed E-state index contributed by atoms with van der Waals surface area (Å²) in [4.78, 5) is 37.1. The Bertz CT molecular complexity index is 898. The minimum Gasteiger partial charge on any atom is -0.511 e. The predicted octanol–water partition coefficient (Wildman–Crippen LogP) is 3.16. The zero-order valence-electron chi connectivity index (χ0n) is 19.5. The van der Waals surface area contributed by atoms with E-state index in [1.807, 2.05) is 19.9 Å². The molecule has 0 aromatic heterocycles. The number of carbonyl (C=O) groups excluding carboxylic acids is 2. The highest BCUT2D eigenvalue weighted by Gasteiger charge is 2.49. The molecule has 3 aliphatic rings. The molecular formula is C25H35NO6. The number of carbonyl (C=O) groups is 3. The molecule has 176 valence electrons. The van der Waals surface area contributed by atoms with Gasteiger partial charge in [0.15, 0.2) is 11.4 Å². The lowest BCUT2D eigenvalue weighted by Gasteiger charge is -2.47. The van der Waals surface area contributed by atoms with Gasteiger partial charge in [0, 0.05) is 18.3 Å². The highest BCUT2D eigenvalue weighted by atomic mass is 16.4. The topological polar surface area (TPSA) is 124 Å². The van der Waals surface area contributed by atoms with Crippen LogP contribution in [0, 0.1) is 35.5 Å². The lowest BCUT2D eigenvalue weighted by atomic mass is 9.57. The van der Waals surface area contributed by atoms with E-state index in [2.05, 4.69) is 31.3 Å². The van der Waals surface area contributed by atoms with Crippen molar-refractivity contribution in [3.8, 4) is 0 Å². The van der Waals surface area contributed by atoms with Crippen molar-refractivity contribution in [1.82, 2.24) is 5.32 Å². The lowest BCUT2D eigenvalue weighted by Crippen LogP contribution is -2.43. The Hall–Kier alpha value is -2.41. The van der Waals surface area contributed by atoms with Gasteiger partial charge in [-0.15, -0.1) is 0 Å². The van der Waals surface area contributed by atoms with E-state index in [1.165, 1.54) is 0 Å². The van der Waals surface area contributed by atoms with Gasteiger partial charge in [0.25, 0.3) is 5.91 Å². The van der Waals surface area contributed by atoms with Crippen LogP contribution < -0.4 is 5.32 Å². The van der Waals surface area contributed by atoms with Gasteiger partial charge < -0.3 is 20.6 Å². The Kier molecular flexibility index (Phi) is 6.70. The summed E-state index contributed by atoms with van der Waals surface area (Å²) in [6.45, 7) is 9.40. The fourth-order valence-corrected chi connectivity index (χ4v) is 5.98. The van der Waals surface area contributed by atoms with Gasteiger partial charge in [-0.3, -0.25) is 9.59 Å². The average molecular weight is 446 g/mol. The number of hydrogen-bond donors (Lipinski definition) is 4. The van der Waals surface area contributed by atoms with Crippen LogP contribution in [0.3, 0.4) is 0 Å². The average Bonchev–Trinajstić information content (AvgIpc) is 2.98. The van der Waals surface area contributed by atoms with Crippen LogP contribution in [0.2, 0.25) is 0 Å². The van der Waals surface area contributed by atoms with E-state index < -0.39 is 41.6 Å². The molecule has 1 heterocycles. The second kappa shape index (κ2) is 8.85. The highest BCUT2D eigenvalue weighted by Crippen LogP contribution is 2.51. The fourth-order valence-electron chi connectivity index (χ4n) is 5.98. The van der Waals surface area contributed by atoms with Crippen molar-refractivity contribution >= 4 is 17.7 Å². The molecule has 7 heteroatoms. The van der Waals surface area contributed by atoms with Crippen LogP contribution in [0.1, 0.15) is 53.9 Å². The van der Waals surface area contributed by atoms with E-state index >= 15 is 0 Å². The van der Waals surface area contributed by atoms with Gasteiger partial charge in [-0.1, -0.05) is 37.6 Å². The summed E-state index contributed by atoms with van der Waals surface area (Å²) < 4.78 is 0. The maximum atomic E-state index is 13.1. The normalized spacial score (nSPS) is 38.7. The third kappa shape index (κ3) is 4.27. The number of aliphatic hydroxyl groups excluding tert-OH is 1. The third-order valence-corrected chi connectivity index (χ3v) is 7.68. The lowest BCUT2D eigenvalue weighted by molar-refractivity contribution is -0.158. The summed E-state index contributed by atoms with van der Waals surface area (Å²) in [7, 11) is 0. The van der Waals surface area contributed by atoms with Gasteiger partial charge in [0.2, 0.25) is 0 Å². The molecule has 2 fully saturated rings. The minimum atomic E-state index is -2.17. The zero-order chi connectivity index (χ0) is 24.0. The molecule has 0 bridgehead atoms. The quantitative estimate of drug-likeness (QED) is 0.223. The molecule has 2 aliphatic carbocycles. The number of amides is 1. The smallest absolute Gasteiger partial charge is 0.335 e. The molecule has 0 spiro atoms. The number of nitrogens with one attached hydrogen (secondary N) is 1. The Morgan fingerprint density at radius 3 is 2.47 bits per heavy atom. The minimum absolute atomic E-state index is 0.0883. The van der Waals surface area contributed by atoms with E-state index in [4.69, 9.17) is 0 Å². The third-order valence-electron chi connectivity index (χ3n) is 7.68. The summed E-state index contributed by atoms with van der Waals surface area (Å²) in [6, 6.07) is -1.19. The van der Waals surface area contributed by atoms with Gasteiger partial charge in [-0.25, -0.2) is 4.79 Å². The molecule has 7 nitrogen and oxygen atoms in total. The number of carboxylic acid groups (broad SMARTS) is 1. The summed E-state index contributed by atoms with van der Waals surface area (Å²) in [5.41, 5.74) is -1.41. The zero-order valence-corrected chi connectivity index (χ0v) is 19.5. The van der Waals surface area contributed by atoms with Crippen LogP contribution in [-0.2, 0) is 14.4 Å². The van der Waals surface area contributed by atoms with Crippen LogP contribution in [0.4, 0.5) is 0 Å². The Balaban J connectivity index is 2.04. The Morgan fingerprint density at radius 2 is 1.88 bits per heavy atom. The second-order valence-corrected chi connectivity index (χ2v) is 10.2. The molecule has 1 aliphatic heterocycles. The highest BCUT2D eigenvalue weighted by molar-refractivity contribution is 6.27. The standard InChI is InChI=1S/C25H35NO6/c1-6-13(3)16-8-7-15-10-12(2)9-14(4)18(15)19(16)22(28)20-21(27)17(26-23(20)29)11-25(5,32)24(30)31/h6-8,12,14-19,28,32H,9-11H2,1-5H3,(H,26,29)(H,30,31)/b13-6+,22-20-/t12-,14+,15+,16+,17+,18+,19-,25+/m1/s1. The van der Waals surface area contributed by atoms with Crippen molar-refractivity contribution in [2.24, 2.45) is 35.5 Å². The van der Waals surface area contributed by atoms with Gasteiger partial charge in [0.1, 0.15) is 11.3 Å². The first-order valence-corrected chi connectivity index (χ1v) is 11.4. The molecule has 1 saturated heterocycles. The monoisotopic (exact) mass is 445 g/mol. The van der Waals surface area contributed by atoms with E-state index in [0.717, 1.165) is 25.3 Å². The van der Waals surface area contributed by atoms with Crippen LogP contribution in [0.15, 0.2) is 35.1 Å². The first-order valence-electron chi connectivity index (χ1n) is 11.4. The van der Waals surface area contributed by atoms with Gasteiger partial charge in [0.05, 0.1) is 6.04 Å². The maximum Gasteiger partial charge on any atom is 0.335 e. The van der Waals surface area contributed by atoms with Crippen molar-refractivity contribution in [1.29, 1.82) is 0 Å². The van der Waals surface area contributed by atoms with Gasteiger partial charge in [-0.2, -0.15) is 0 Å². The van der Waals surface area contributed by atoms with Crippen molar-refractivity contribution in [3.63, 3.8) is 0 Å². The van der Waals surface area contributed by atoms with Crippen molar-refractivity contribution in [2.75, 3.05) is 0 Å². The van der Waals surface area contributed by atoms with E-state index in [-0.39, 0.29) is 29.1 Å². The first-order chi connectivity index (χ1) is 14.9. The molecule has 32 heavy (non-hydrogen) atoms. The number of hydrogen-bond acceptors (Lipinski definition) is 5. The van der Waals surface area contributed by atoms with Crippen LogP contribution in [-0.4, -0.2) is 44.6 Å². The largest absolute Gasteiger partial charge is 0.511 e. The molecule has 0 radical (unpaired) electrons. The second-order valence-electron chi connectivity index (χ2n) is 10.2. The SMILES string of the molecule is C/C=C(\C)[C@@H]1C=C[C@H]2C[C@H](C)C[C@H](C)[C@@H]2[C@@H]1/C(O)=C1/C(=O)N[C@@H](C[C@](C)(O)C(=O)O)C1=O. The van der Waals surface area contributed by atoms with E-state index in [0.29, 0.717) is 11.8 Å². The molecule has 0 aromatic rings. The number of ketones is 1.